The highest BCUT2D eigenvalue weighted by Crippen LogP contribution is 2.18. The molecule has 5 nitrogen and oxygen atoms in total. The quantitative estimate of drug-likeness (QED) is 0.779. The molecule has 28 heavy (non-hydrogen) atoms. The first kappa shape index (κ1) is 19.9. The molecule has 0 aromatic heterocycles. The van der Waals surface area contributed by atoms with Crippen LogP contribution < -0.4 is 10.2 Å². The van der Waals surface area contributed by atoms with Crippen LogP contribution in [0.4, 0.5) is 10.1 Å². The minimum Gasteiger partial charge on any atom is -0.368 e. The Balaban J connectivity index is 1.54. The molecule has 1 saturated heterocycles. The zero-order chi connectivity index (χ0) is 19.9. The number of nitrogens with one attached hydrogen (secondary N) is 1. The van der Waals surface area contributed by atoms with Crippen molar-refractivity contribution < 1.29 is 14.0 Å². The SMILES string of the molecule is CCCCNC(=O)c1ccc(C(=O)N2CCN(c3ccc(F)cc3)CC2)cc1. The van der Waals surface area contributed by atoms with Crippen molar-refractivity contribution in [2.24, 2.45) is 0 Å². The van der Waals surface area contributed by atoms with Crippen molar-refractivity contribution in [3.8, 4) is 0 Å². The van der Waals surface area contributed by atoms with Gasteiger partial charge in [-0.3, -0.25) is 9.59 Å². The Hall–Kier alpha value is -2.89. The lowest BCUT2D eigenvalue weighted by Gasteiger charge is -2.36. The summed E-state index contributed by atoms with van der Waals surface area (Å²) < 4.78 is 13.1. The van der Waals surface area contributed by atoms with Crippen LogP contribution in [0.15, 0.2) is 48.5 Å². The van der Waals surface area contributed by atoms with Crippen LogP contribution >= 0.6 is 0 Å². The first-order valence-electron chi connectivity index (χ1n) is 9.76. The maximum atomic E-state index is 13.1. The molecule has 148 valence electrons. The van der Waals surface area contributed by atoms with Crippen molar-refractivity contribution in [1.29, 1.82) is 0 Å². The summed E-state index contributed by atoms with van der Waals surface area (Å²) in [5.41, 5.74) is 2.11. The van der Waals surface area contributed by atoms with Crippen LogP contribution in [0.5, 0.6) is 0 Å². The summed E-state index contributed by atoms with van der Waals surface area (Å²) >= 11 is 0. The van der Waals surface area contributed by atoms with Crippen LogP contribution in [0.25, 0.3) is 0 Å². The predicted octanol–water partition coefficient (Wildman–Crippen LogP) is 3.32. The number of piperazine rings is 1. The molecule has 2 aromatic carbocycles. The van der Waals surface area contributed by atoms with Gasteiger partial charge in [-0.05, 0) is 55.0 Å². The van der Waals surface area contributed by atoms with Crippen molar-refractivity contribution in [3.05, 3.63) is 65.5 Å². The van der Waals surface area contributed by atoms with Gasteiger partial charge in [-0.1, -0.05) is 13.3 Å². The Morgan fingerprint density at radius 1 is 0.929 bits per heavy atom. The number of nitrogens with zero attached hydrogens (tertiary/aromatic N) is 2. The van der Waals surface area contributed by atoms with Crippen molar-refractivity contribution in [1.82, 2.24) is 10.2 Å². The minimum absolute atomic E-state index is 0.0308. The van der Waals surface area contributed by atoms with Crippen LogP contribution in [-0.4, -0.2) is 49.4 Å². The number of unbranched alkanes of at least 4 members (excludes halogenated alkanes) is 1. The van der Waals surface area contributed by atoms with Crippen LogP contribution in [0, 0.1) is 5.82 Å². The van der Waals surface area contributed by atoms with Gasteiger partial charge in [0.25, 0.3) is 11.8 Å². The summed E-state index contributed by atoms with van der Waals surface area (Å²) in [5.74, 6) is -0.392. The summed E-state index contributed by atoms with van der Waals surface area (Å²) in [6, 6.07) is 13.2. The molecule has 1 aliphatic rings. The predicted molar refractivity (Wildman–Crippen MR) is 108 cm³/mol. The lowest BCUT2D eigenvalue weighted by molar-refractivity contribution is 0.0746. The monoisotopic (exact) mass is 383 g/mol. The Morgan fingerprint density at radius 3 is 2.14 bits per heavy atom. The molecule has 0 bridgehead atoms. The molecular weight excluding hydrogens is 357 g/mol. The number of halogens is 1. The van der Waals surface area contributed by atoms with Gasteiger partial charge in [-0.25, -0.2) is 4.39 Å². The fourth-order valence-electron chi connectivity index (χ4n) is 3.25. The lowest BCUT2D eigenvalue weighted by atomic mass is 10.1. The molecule has 3 rings (SSSR count). The summed E-state index contributed by atoms with van der Waals surface area (Å²) in [6.45, 7) is 5.36. The van der Waals surface area contributed by atoms with Crippen LogP contribution in [-0.2, 0) is 0 Å². The zero-order valence-electron chi connectivity index (χ0n) is 16.2. The van der Waals surface area contributed by atoms with E-state index in [9.17, 15) is 14.0 Å². The third kappa shape index (κ3) is 4.88. The Labute approximate surface area is 165 Å². The second kappa shape index (κ2) is 9.35. The third-order valence-corrected chi connectivity index (χ3v) is 4.97. The number of carbonyl (C=O) groups is 2. The molecule has 0 atom stereocenters. The molecule has 0 spiro atoms. The fourth-order valence-corrected chi connectivity index (χ4v) is 3.25. The fraction of sp³-hybridized carbons (Fsp3) is 0.364. The average molecular weight is 383 g/mol. The van der Waals surface area contributed by atoms with E-state index in [1.807, 2.05) is 4.90 Å². The largest absolute Gasteiger partial charge is 0.368 e. The maximum absolute atomic E-state index is 13.1. The minimum atomic E-state index is -0.250. The van der Waals surface area contributed by atoms with Crippen LogP contribution in [0.3, 0.4) is 0 Å². The van der Waals surface area contributed by atoms with Gasteiger partial charge in [-0.2, -0.15) is 0 Å². The number of anilines is 1. The Morgan fingerprint density at radius 2 is 1.54 bits per heavy atom. The van der Waals surface area contributed by atoms with E-state index in [0.29, 0.717) is 43.9 Å². The number of hydrogen-bond donors (Lipinski definition) is 1. The molecule has 0 saturated carbocycles. The standard InChI is InChI=1S/C22H26FN3O2/c1-2-3-12-24-21(27)17-4-6-18(7-5-17)22(28)26-15-13-25(14-16-26)20-10-8-19(23)9-11-20/h4-11H,2-3,12-16H2,1H3,(H,24,27). The zero-order valence-corrected chi connectivity index (χ0v) is 16.2. The molecule has 1 heterocycles. The van der Waals surface area contributed by atoms with Gasteiger partial charge in [0.05, 0.1) is 0 Å². The second-order valence-electron chi connectivity index (χ2n) is 6.94. The first-order valence-corrected chi connectivity index (χ1v) is 9.76. The van der Waals surface area contributed by atoms with Gasteiger partial charge in [0.2, 0.25) is 0 Å². The van der Waals surface area contributed by atoms with E-state index < -0.39 is 0 Å². The summed E-state index contributed by atoms with van der Waals surface area (Å²) in [4.78, 5) is 28.8. The van der Waals surface area contributed by atoms with Crippen LogP contribution in [0.1, 0.15) is 40.5 Å². The number of amides is 2. The van der Waals surface area contributed by atoms with E-state index in [4.69, 9.17) is 0 Å². The molecular formula is C22H26FN3O2. The number of benzene rings is 2. The highest BCUT2D eigenvalue weighted by Gasteiger charge is 2.22. The van der Waals surface area contributed by atoms with Gasteiger partial charge in [-0.15, -0.1) is 0 Å². The second-order valence-corrected chi connectivity index (χ2v) is 6.94. The molecule has 0 radical (unpaired) electrons. The Kier molecular flexibility index (Phi) is 6.63. The van der Waals surface area contributed by atoms with Crippen molar-refractivity contribution in [2.45, 2.75) is 19.8 Å². The van der Waals surface area contributed by atoms with E-state index >= 15 is 0 Å². The van der Waals surface area contributed by atoms with E-state index in [1.165, 1.54) is 12.1 Å². The topological polar surface area (TPSA) is 52.7 Å². The van der Waals surface area contributed by atoms with Gasteiger partial charge >= 0.3 is 0 Å². The van der Waals surface area contributed by atoms with E-state index in [-0.39, 0.29) is 17.6 Å². The molecule has 1 fully saturated rings. The van der Waals surface area contributed by atoms with Crippen molar-refractivity contribution in [2.75, 3.05) is 37.6 Å². The van der Waals surface area contributed by atoms with Gasteiger partial charge in [0.15, 0.2) is 0 Å². The smallest absolute Gasteiger partial charge is 0.253 e. The van der Waals surface area contributed by atoms with Crippen LogP contribution in [0.2, 0.25) is 0 Å². The molecule has 0 aliphatic carbocycles. The molecule has 2 aromatic rings. The first-order chi connectivity index (χ1) is 13.6. The molecule has 2 amide bonds. The van der Waals surface area contributed by atoms with E-state index in [0.717, 1.165) is 18.5 Å². The summed E-state index contributed by atoms with van der Waals surface area (Å²) in [5, 5.41) is 2.87. The molecule has 1 aliphatic heterocycles. The number of hydrogen-bond acceptors (Lipinski definition) is 3. The van der Waals surface area contributed by atoms with E-state index in [1.54, 1.807) is 36.4 Å². The van der Waals surface area contributed by atoms with E-state index in [2.05, 4.69) is 17.1 Å². The molecule has 0 unspecified atom stereocenters. The maximum Gasteiger partial charge on any atom is 0.253 e. The number of rotatable bonds is 6. The lowest BCUT2D eigenvalue weighted by Crippen LogP contribution is -2.48. The summed E-state index contributed by atoms with van der Waals surface area (Å²) in [7, 11) is 0. The molecule has 1 N–H and O–H groups in total. The van der Waals surface area contributed by atoms with Gasteiger partial charge < -0.3 is 15.1 Å². The summed E-state index contributed by atoms with van der Waals surface area (Å²) in [6.07, 6.45) is 1.98. The number of carbonyl (C=O) groups excluding carboxylic acids is 2. The average Bonchev–Trinajstić information content (AvgIpc) is 2.74. The third-order valence-electron chi connectivity index (χ3n) is 4.97. The molecule has 6 heteroatoms. The van der Waals surface area contributed by atoms with Crippen molar-refractivity contribution >= 4 is 17.5 Å². The Bertz CT molecular complexity index is 798. The normalized spacial score (nSPS) is 14.1. The highest BCUT2D eigenvalue weighted by atomic mass is 19.1. The van der Waals surface area contributed by atoms with Gasteiger partial charge in [0, 0.05) is 49.5 Å². The van der Waals surface area contributed by atoms with Gasteiger partial charge in [0.1, 0.15) is 5.82 Å². The van der Waals surface area contributed by atoms with Crippen molar-refractivity contribution in [3.63, 3.8) is 0 Å². The highest BCUT2D eigenvalue weighted by molar-refractivity contribution is 5.97.